The van der Waals surface area contributed by atoms with Crippen LogP contribution in [-0.4, -0.2) is 6.04 Å². The summed E-state index contributed by atoms with van der Waals surface area (Å²) in [5, 5.41) is 0. The molecule has 0 aromatic heterocycles. The molecule has 0 radical (unpaired) electrons. The van der Waals surface area contributed by atoms with Gasteiger partial charge in [-0.3, -0.25) is 0 Å². The lowest BCUT2D eigenvalue weighted by Gasteiger charge is -2.67. The quantitative estimate of drug-likeness (QED) is 0.737. The van der Waals surface area contributed by atoms with Crippen LogP contribution in [0.1, 0.15) is 65.2 Å². The molecule has 0 heterocycles. The maximum Gasteiger partial charge on any atom is 0.00990 e. The first-order chi connectivity index (χ1) is 8.39. The van der Waals surface area contributed by atoms with E-state index in [0.717, 1.165) is 18.8 Å². The Bertz CT molecular complexity index is 341. The largest absolute Gasteiger partial charge is 0.327 e. The topological polar surface area (TPSA) is 26.0 Å². The van der Waals surface area contributed by atoms with Crippen LogP contribution in [0.15, 0.2) is 12.7 Å². The van der Waals surface area contributed by atoms with Crippen molar-refractivity contribution >= 4 is 0 Å². The minimum absolute atomic E-state index is 0.401. The summed E-state index contributed by atoms with van der Waals surface area (Å²) in [7, 11) is 0. The lowest BCUT2D eigenvalue weighted by Crippen LogP contribution is -2.60. The van der Waals surface area contributed by atoms with Crippen LogP contribution in [0.2, 0.25) is 0 Å². The van der Waals surface area contributed by atoms with E-state index in [9.17, 15) is 0 Å². The van der Waals surface area contributed by atoms with E-state index in [-0.39, 0.29) is 0 Å². The van der Waals surface area contributed by atoms with E-state index in [4.69, 9.17) is 5.73 Å². The first kappa shape index (κ1) is 12.7. The third-order valence-electron chi connectivity index (χ3n) is 6.14. The van der Waals surface area contributed by atoms with Crippen LogP contribution >= 0.6 is 0 Å². The first-order valence-electron chi connectivity index (χ1n) is 7.75. The van der Waals surface area contributed by atoms with Crippen molar-refractivity contribution in [3.63, 3.8) is 0 Å². The van der Waals surface area contributed by atoms with Gasteiger partial charge in [-0.2, -0.15) is 0 Å². The molecular weight excluding hydrogens is 218 g/mol. The monoisotopic (exact) mass is 247 g/mol. The van der Waals surface area contributed by atoms with Crippen molar-refractivity contribution in [2.45, 2.75) is 71.3 Å². The zero-order chi connectivity index (χ0) is 13.0. The standard InChI is InChI=1S/C17H29N/c1-4-5-6-14(18)17-9-13-7-15(2,11-17)10-16(3,8-13)12-17/h4,13-14H,1,5-12,18H2,2-3H3. The van der Waals surface area contributed by atoms with Crippen LogP contribution in [0.4, 0.5) is 0 Å². The number of allylic oxidation sites excluding steroid dienone is 1. The Balaban J connectivity index is 1.86. The normalized spacial score (nSPS) is 51.4. The molecule has 0 spiro atoms. The second-order valence-corrected chi connectivity index (χ2v) is 8.46. The Morgan fingerprint density at radius 1 is 1.17 bits per heavy atom. The van der Waals surface area contributed by atoms with Crippen molar-refractivity contribution in [3.05, 3.63) is 12.7 Å². The summed E-state index contributed by atoms with van der Waals surface area (Å²) in [5.74, 6) is 0.964. The Morgan fingerprint density at radius 3 is 2.28 bits per heavy atom. The summed E-state index contributed by atoms with van der Waals surface area (Å²) < 4.78 is 0. The van der Waals surface area contributed by atoms with Gasteiger partial charge in [-0.25, -0.2) is 0 Å². The van der Waals surface area contributed by atoms with E-state index in [2.05, 4.69) is 20.4 Å². The van der Waals surface area contributed by atoms with Gasteiger partial charge in [-0.05, 0) is 73.5 Å². The zero-order valence-corrected chi connectivity index (χ0v) is 12.2. The first-order valence-corrected chi connectivity index (χ1v) is 7.75. The number of hydrogen-bond acceptors (Lipinski definition) is 1. The SMILES string of the molecule is C=CCCC(N)C12CC3CC(C)(CC(C)(C3)C1)C2. The van der Waals surface area contributed by atoms with Crippen molar-refractivity contribution in [1.29, 1.82) is 0 Å². The molecule has 0 aliphatic heterocycles. The Kier molecular flexibility index (Phi) is 2.72. The van der Waals surface area contributed by atoms with Crippen molar-refractivity contribution in [2.75, 3.05) is 0 Å². The van der Waals surface area contributed by atoms with E-state index in [1.165, 1.54) is 38.5 Å². The minimum atomic E-state index is 0.401. The molecule has 4 rings (SSSR count). The predicted molar refractivity (Wildman–Crippen MR) is 77.2 cm³/mol. The maximum absolute atomic E-state index is 6.63. The molecule has 1 nitrogen and oxygen atoms in total. The molecule has 4 aliphatic carbocycles. The molecule has 18 heavy (non-hydrogen) atoms. The van der Waals surface area contributed by atoms with E-state index < -0.39 is 0 Å². The molecule has 0 aromatic rings. The van der Waals surface area contributed by atoms with Crippen LogP contribution in [0.3, 0.4) is 0 Å². The molecule has 4 saturated carbocycles. The summed E-state index contributed by atoms with van der Waals surface area (Å²) in [6.07, 6.45) is 12.8. The van der Waals surface area contributed by atoms with Crippen LogP contribution in [0.25, 0.3) is 0 Å². The molecule has 102 valence electrons. The van der Waals surface area contributed by atoms with Crippen LogP contribution in [0.5, 0.6) is 0 Å². The van der Waals surface area contributed by atoms with Gasteiger partial charge in [0.05, 0.1) is 0 Å². The van der Waals surface area contributed by atoms with E-state index in [1.54, 1.807) is 0 Å². The third-order valence-corrected chi connectivity index (χ3v) is 6.14. The molecule has 4 fully saturated rings. The van der Waals surface area contributed by atoms with Crippen LogP contribution in [0, 0.1) is 22.2 Å². The highest BCUT2D eigenvalue weighted by atomic mass is 14.8. The van der Waals surface area contributed by atoms with Gasteiger partial charge in [0.1, 0.15) is 0 Å². The predicted octanol–water partition coefficient (Wildman–Crippen LogP) is 4.28. The maximum atomic E-state index is 6.63. The van der Waals surface area contributed by atoms with Gasteiger partial charge in [-0.1, -0.05) is 19.9 Å². The smallest absolute Gasteiger partial charge is 0.00990 e. The fourth-order valence-electron chi connectivity index (χ4n) is 6.55. The van der Waals surface area contributed by atoms with Gasteiger partial charge in [0.15, 0.2) is 0 Å². The molecule has 4 aliphatic rings. The summed E-state index contributed by atoms with van der Waals surface area (Å²) in [4.78, 5) is 0. The van der Waals surface area contributed by atoms with Crippen molar-refractivity contribution in [2.24, 2.45) is 27.9 Å². The summed E-state index contributed by atoms with van der Waals surface area (Å²) in [5.41, 5.74) is 8.29. The highest BCUT2D eigenvalue weighted by Crippen LogP contribution is 2.70. The second-order valence-electron chi connectivity index (χ2n) is 8.46. The zero-order valence-electron chi connectivity index (χ0n) is 12.2. The summed E-state index contributed by atoms with van der Waals surface area (Å²) >= 11 is 0. The third kappa shape index (κ3) is 1.86. The average molecular weight is 247 g/mol. The lowest BCUT2D eigenvalue weighted by molar-refractivity contribution is -0.154. The van der Waals surface area contributed by atoms with Crippen molar-refractivity contribution < 1.29 is 0 Å². The van der Waals surface area contributed by atoms with Gasteiger partial charge in [0.2, 0.25) is 0 Å². The number of nitrogens with two attached hydrogens (primary N) is 1. The van der Waals surface area contributed by atoms with E-state index >= 15 is 0 Å². The molecule has 4 bridgehead atoms. The molecular formula is C17H29N. The fourth-order valence-corrected chi connectivity index (χ4v) is 6.55. The van der Waals surface area contributed by atoms with Gasteiger partial charge < -0.3 is 5.73 Å². The Morgan fingerprint density at radius 2 is 1.78 bits per heavy atom. The van der Waals surface area contributed by atoms with Crippen molar-refractivity contribution in [1.82, 2.24) is 0 Å². The van der Waals surface area contributed by atoms with Crippen molar-refractivity contribution in [3.8, 4) is 0 Å². The van der Waals surface area contributed by atoms with Gasteiger partial charge in [0.25, 0.3) is 0 Å². The highest BCUT2D eigenvalue weighted by Gasteiger charge is 2.61. The Labute approximate surface area is 112 Å². The molecule has 0 amide bonds. The Hall–Kier alpha value is -0.300. The molecule has 2 N–H and O–H groups in total. The minimum Gasteiger partial charge on any atom is -0.327 e. The van der Waals surface area contributed by atoms with Crippen LogP contribution < -0.4 is 5.73 Å². The molecule has 0 saturated heterocycles. The lowest BCUT2D eigenvalue weighted by atomic mass is 9.39. The van der Waals surface area contributed by atoms with Gasteiger partial charge >= 0.3 is 0 Å². The van der Waals surface area contributed by atoms with Crippen LogP contribution in [-0.2, 0) is 0 Å². The fraction of sp³-hybridized carbons (Fsp3) is 0.882. The summed E-state index contributed by atoms with van der Waals surface area (Å²) in [6, 6.07) is 0.401. The highest BCUT2D eigenvalue weighted by molar-refractivity contribution is 5.13. The number of hydrogen-bond donors (Lipinski definition) is 1. The second kappa shape index (κ2) is 3.85. The number of rotatable bonds is 4. The molecule has 1 heteroatoms. The molecule has 3 atom stereocenters. The van der Waals surface area contributed by atoms with Gasteiger partial charge in [0, 0.05) is 6.04 Å². The van der Waals surface area contributed by atoms with E-state index in [0.29, 0.717) is 22.3 Å². The van der Waals surface area contributed by atoms with Gasteiger partial charge in [-0.15, -0.1) is 6.58 Å². The molecule has 0 aromatic carbocycles. The summed E-state index contributed by atoms with van der Waals surface area (Å²) in [6.45, 7) is 8.92. The average Bonchev–Trinajstić information content (AvgIpc) is 2.20. The van der Waals surface area contributed by atoms with E-state index in [1.807, 2.05) is 6.08 Å². The molecule has 3 unspecified atom stereocenters.